The van der Waals surface area contributed by atoms with E-state index >= 15 is 0 Å². The van der Waals surface area contributed by atoms with E-state index in [-0.39, 0.29) is 22.2 Å². The third-order valence-corrected chi connectivity index (χ3v) is 9.65. The lowest BCUT2D eigenvalue weighted by Crippen LogP contribution is -2.58. The fourth-order valence-electron chi connectivity index (χ4n) is 7.20. The van der Waals surface area contributed by atoms with Crippen molar-refractivity contribution in [3.8, 4) is 0 Å². The molecule has 0 spiro atoms. The van der Waals surface area contributed by atoms with Crippen molar-refractivity contribution < 1.29 is 0 Å². The van der Waals surface area contributed by atoms with Crippen LogP contribution in [0.15, 0.2) is 0 Å². The van der Waals surface area contributed by atoms with Crippen molar-refractivity contribution in [1.82, 2.24) is 9.80 Å². The summed E-state index contributed by atoms with van der Waals surface area (Å²) < 4.78 is 0. The number of hydrogen-bond donors (Lipinski definition) is 0. The van der Waals surface area contributed by atoms with Crippen LogP contribution < -0.4 is 0 Å². The van der Waals surface area contributed by atoms with Gasteiger partial charge in [0.2, 0.25) is 0 Å². The lowest BCUT2D eigenvalue weighted by atomic mass is 9.77. The quantitative estimate of drug-likeness (QED) is 0.468. The van der Waals surface area contributed by atoms with E-state index in [4.69, 9.17) is 0 Å². The highest BCUT2D eigenvalue weighted by molar-refractivity contribution is 5.50. The molecule has 1 aromatic rings. The second-order valence-corrected chi connectivity index (χ2v) is 13.6. The zero-order chi connectivity index (χ0) is 24.3. The Hall–Kier alpha value is -0.860. The minimum Gasteiger partial charge on any atom is -0.289 e. The monoisotopic (exact) mass is 440 g/mol. The Morgan fingerprint density at radius 3 is 0.906 bits per heavy atom. The van der Waals surface area contributed by atoms with Gasteiger partial charge in [-0.1, -0.05) is 0 Å². The van der Waals surface area contributed by atoms with Gasteiger partial charge in [-0.15, -0.1) is 0 Å². The Bertz CT molecular complexity index is 724. The van der Waals surface area contributed by atoms with Gasteiger partial charge in [0.25, 0.3) is 0 Å². The first kappa shape index (κ1) is 25.8. The Kier molecular flexibility index (Phi) is 6.78. The molecule has 0 bridgehead atoms. The molecular weight excluding hydrogens is 388 g/mol. The van der Waals surface area contributed by atoms with Gasteiger partial charge < -0.3 is 0 Å². The summed E-state index contributed by atoms with van der Waals surface area (Å²) in [5.41, 5.74) is 10.2. The summed E-state index contributed by atoms with van der Waals surface area (Å²) in [5.74, 6) is 0. The Morgan fingerprint density at radius 2 is 0.688 bits per heavy atom. The summed E-state index contributed by atoms with van der Waals surface area (Å²) in [5, 5.41) is 0. The van der Waals surface area contributed by atoms with Crippen LogP contribution in [0.2, 0.25) is 0 Å². The second kappa shape index (κ2) is 8.42. The average Bonchev–Trinajstić information content (AvgIpc) is 2.63. The summed E-state index contributed by atoms with van der Waals surface area (Å²) in [6, 6.07) is 0. The van der Waals surface area contributed by atoms with Crippen LogP contribution >= 0.6 is 0 Å². The molecule has 0 N–H and O–H groups in total. The number of likely N-dealkylation sites (tertiary alicyclic amines) is 2. The van der Waals surface area contributed by atoms with Crippen LogP contribution in [0.4, 0.5) is 0 Å². The number of nitrogens with zero attached hydrogens (tertiary/aromatic N) is 2. The van der Waals surface area contributed by atoms with Gasteiger partial charge in [0, 0.05) is 35.2 Å². The van der Waals surface area contributed by atoms with E-state index in [0.29, 0.717) is 0 Å². The van der Waals surface area contributed by atoms with E-state index in [1.54, 1.807) is 11.1 Å². The Morgan fingerprint density at radius 1 is 0.469 bits per heavy atom. The topological polar surface area (TPSA) is 6.48 Å². The molecular formula is C30H52N2. The highest BCUT2D eigenvalue weighted by atomic mass is 15.3. The molecule has 2 heteroatoms. The third-order valence-electron chi connectivity index (χ3n) is 9.65. The first-order valence-corrected chi connectivity index (χ1v) is 13.1. The molecule has 1 aromatic carbocycles. The van der Waals surface area contributed by atoms with Gasteiger partial charge in [-0.05, 0) is 155 Å². The zero-order valence-electron chi connectivity index (χ0n) is 23.6. The number of piperidine rings is 2. The van der Waals surface area contributed by atoms with Gasteiger partial charge in [0.05, 0.1) is 0 Å². The molecule has 182 valence electrons. The number of benzene rings is 1. The van der Waals surface area contributed by atoms with E-state index in [2.05, 4.69) is 92.9 Å². The van der Waals surface area contributed by atoms with Gasteiger partial charge >= 0.3 is 0 Å². The molecule has 3 rings (SSSR count). The maximum atomic E-state index is 2.80. The van der Waals surface area contributed by atoms with E-state index in [0.717, 1.165) is 13.1 Å². The summed E-state index contributed by atoms with van der Waals surface area (Å²) in [4.78, 5) is 5.60. The fraction of sp³-hybridized carbons (Fsp3) is 0.800. The molecule has 0 aromatic heterocycles. The minimum atomic E-state index is 0.253. The maximum absolute atomic E-state index is 2.80. The van der Waals surface area contributed by atoms with Crippen molar-refractivity contribution in [2.75, 3.05) is 0 Å². The molecule has 0 aliphatic carbocycles. The van der Waals surface area contributed by atoms with Gasteiger partial charge in [-0.2, -0.15) is 0 Å². The van der Waals surface area contributed by atoms with E-state index in [9.17, 15) is 0 Å². The molecule has 2 aliphatic heterocycles. The van der Waals surface area contributed by atoms with Gasteiger partial charge in [-0.25, -0.2) is 0 Å². The van der Waals surface area contributed by atoms with Crippen LogP contribution in [0, 0.1) is 27.7 Å². The van der Waals surface area contributed by atoms with Crippen molar-refractivity contribution in [1.29, 1.82) is 0 Å². The standard InChI is InChI=1S/C30H52N2/c1-21-22(2)26(20-32-29(9,10)17-14-18-30(32,11)12)24(4)23(3)25(21)19-31-27(5,6)15-13-16-28(31,7)8/h13-20H2,1-12H3. The zero-order valence-corrected chi connectivity index (χ0v) is 23.6. The highest BCUT2D eigenvalue weighted by Gasteiger charge is 2.43. The predicted molar refractivity (Wildman–Crippen MR) is 140 cm³/mol. The van der Waals surface area contributed by atoms with E-state index in [1.807, 2.05) is 0 Å². The van der Waals surface area contributed by atoms with Crippen LogP contribution in [0.3, 0.4) is 0 Å². The SMILES string of the molecule is Cc1c(C)c(CN2C(C)(C)CCCC2(C)C)c(C)c(C)c1CN1C(C)(C)CCCC1(C)C. The second-order valence-electron chi connectivity index (χ2n) is 13.6. The molecule has 32 heavy (non-hydrogen) atoms. The fourth-order valence-corrected chi connectivity index (χ4v) is 7.20. The van der Waals surface area contributed by atoms with E-state index < -0.39 is 0 Å². The lowest BCUT2D eigenvalue weighted by molar-refractivity contribution is -0.0354. The first-order valence-electron chi connectivity index (χ1n) is 13.1. The number of rotatable bonds is 4. The third kappa shape index (κ3) is 4.56. The largest absolute Gasteiger partial charge is 0.289 e. The highest BCUT2D eigenvalue weighted by Crippen LogP contribution is 2.43. The molecule has 0 amide bonds. The van der Waals surface area contributed by atoms with Crippen molar-refractivity contribution >= 4 is 0 Å². The van der Waals surface area contributed by atoms with Gasteiger partial charge in [0.15, 0.2) is 0 Å². The van der Waals surface area contributed by atoms with Crippen LogP contribution in [0.1, 0.15) is 127 Å². The normalized spacial score (nSPS) is 25.1. The van der Waals surface area contributed by atoms with Crippen LogP contribution in [-0.4, -0.2) is 32.0 Å². The van der Waals surface area contributed by atoms with Crippen molar-refractivity contribution in [2.45, 2.75) is 157 Å². The first-order chi connectivity index (χ1) is 14.5. The van der Waals surface area contributed by atoms with Crippen molar-refractivity contribution in [2.24, 2.45) is 0 Å². The molecule has 2 fully saturated rings. The Labute approximate surface area is 200 Å². The average molecular weight is 441 g/mol. The summed E-state index contributed by atoms with van der Waals surface area (Å²) in [6.45, 7) is 31.3. The molecule has 0 saturated carbocycles. The molecule has 2 aliphatic rings. The molecule has 2 heterocycles. The van der Waals surface area contributed by atoms with Crippen molar-refractivity contribution in [3.05, 3.63) is 33.4 Å². The molecule has 2 saturated heterocycles. The number of hydrogen-bond acceptors (Lipinski definition) is 2. The molecule has 2 nitrogen and oxygen atoms in total. The molecule has 0 atom stereocenters. The maximum Gasteiger partial charge on any atom is 0.0249 e. The summed E-state index contributed by atoms with van der Waals surface area (Å²) >= 11 is 0. The van der Waals surface area contributed by atoms with Gasteiger partial charge in [-0.3, -0.25) is 9.80 Å². The molecule has 0 radical (unpaired) electrons. The Balaban J connectivity index is 2.02. The smallest absolute Gasteiger partial charge is 0.0249 e. The minimum absolute atomic E-state index is 0.253. The van der Waals surface area contributed by atoms with Crippen LogP contribution in [0.5, 0.6) is 0 Å². The van der Waals surface area contributed by atoms with Crippen LogP contribution in [0.25, 0.3) is 0 Å². The van der Waals surface area contributed by atoms with E-state index in [1.165, 1.54) is 60.8 Å². The van der Waals surface area contributed by atoms with Crippen LogP contribution in [-0.2, 0) is 13.1 Å². The predicted octanol–water partition coefficient (Wildman–Crippen LogP) is 8.01. The lowest BCUT2D eigenvalue weighted by Gasteiger charge is -2.54. The molecule has 0 unspecified atom stereocenters. The summed E-state index contributed by atoms with van der Waals surface area (Å²) in [7, 11) is 0. The summed E-state index contributed by atoms with van der Waals surface area (Å²) in [6.07, 6.45) is 7.86. The van der Waals surface area contributed by atoms with Crippen molar-refractivity contribution in [3.63, 3.8) is 0 Å². The van der Waals surface area contributed by atoms with Gasteiger partial charge in [0.1, 0.15) is 0 Å².